The lowest BCUT2D eigenvalue weighted by molar-refractivity contribution is 0.379. The minimum Gasteiger partial charge on any atom is -0.457 e. The van der Waals surface area contributed by atoms with Crippen molar-refractivity contribution in [3.05, 3.63) is 191 Å². The Morgan fingerprint density at radius 2 is 1.00 bits per heavy atom. The lowest BCUT2D eigenvalue weighted by Crippen LogP contribution is -2.39. The lowest BCUT2D eigenvalue weighted by atomic mass is 9.69. The van der Waals surface area contributed by atoms with Crippen LogP contribution >= 0.6 is 0 Å². The molecule has 0 aromatic heterocycles. The average molecular weight is 751 g/mol. The zero-order valence-corrected chi connectivity index (χ0v) is 33.1. The molecule has 0 saturated carbocycles. The van der Waals surface area contributed by atoms with Crippen LogP contribution in [0, 0.1) is 0 Å². The van der Waals surface area contributed by atoms with Gasteiger partial charge >= 0.3 is 0 Å². The Hall–Kier alpha value is -6.78. The Balaban J connectivity index is 1.06. The minimum absolute atomic E-state index is 0.175. The fraction of sp³-hybridized carbons (Fsp3) is 0.148. The van der Waals surface area contributed by atoms with Gasteiger partial charge in [-0.2, -0.15) is 0 Å². The van der Waals surface area contributed by atoms with E-state index < -0.39 is 0 Å². The van der Waals surface area contributed by atoms with Crippen LogP contribution in [-0.2, 0) is 10.8 Å². The molecule has 4 heteroatoms. The largest absolute Gasteiger partial charge is 0.457 e. The molecule has 4 nitrogen and oxygen atoms in total. The van der Waals surface area contributed by atoms with E-state index in [1.54, 1.807) is 0 Å². The fourth-order valence-corrected chi connectivity index (χ4v) is 10.3. The molecule has 0 radical (unpaired) electrons. The van der Waals surface area contributed by atoms with Gasteiger partial charge in [0.1, 0.15) is 5.76 Å². The molecule has 280 valence electrons. The van der Waals surface area contributed by atoms with Crippen LogP contribution in [0.1, 0.15) is 57.2 Å². The van der Waals surface area contributed by atoms with E-state index in [0.29, 0.717) is 0 Å². The Bertz CT molecular complexity index is 2970. The highest BCUT2D eigenvalue weighted by Gasteiger charge is 2.45. The van der Waals surface area contributed by atoms with Crippen molar-refractivity contribution in [1.29, 1.82) is 0 Å². The van der Waals surface area contributed by atoms with E-state index in [1.807, 2.05) is 0 Å². The summed E-state index contributed by atoms with van der Waals surface area (Å²) in [5.74, 6) is 3.75. The summed E-state index contributed by atoms with van der Waals surface area (Å²) in [6.07, 6.45) is 4.32. The van der Waals surface area contributed by atoms with E-state index in [9.17, 15) is 0 Å². The number of hydrogen-bond donors (Lipinski definition) is 0. The number of hydrogen-bond acceptors (Lipinski definition) is 4. The molecular formula is C54H42N2O2. The second-order valence-corrected chi connectivity index (χ2v) is 17.3. The van der Waals surface area contributed by atoms with Gasteiger partial charge in [-0.3, -0.25) is 0 Å². The van der Waals surface area contributed by atoms with Crippen molar-refractivity contribution < 1.29 is 9.47 Å². The van der Waals surface area contributed by atoms with Crippen molar-refractivity contribution in [2.24, 2.45) is 0 Å². The Labute approximate surface area is 339 Å². The first kappa shape index (κ1) is 33.4. The normalized spacial score (nSPS) is 17.0. The molecule has 4 aliphatic heterocycles. The molecule has 7 aromatic carbocycles. The number of ether oxygens (including phenoxy) is 2. The van der Waals surface area contributed by atoms with Crippen LogP contribution in [0.25, 0.3) is 33.4 Å². The summed E-state index contributed by atoms with van der Waals surface area (Å²) in [6.45, 7) is 9.40. The van der Waals surface area contributed by atoms with E-state index in [0.717, 1.165) is 52.9 Å². The maximum absolute atomic E-state index is 6.63. The van der Waals surface area contributed by atoms with Crippen LogP contribution in [0.15, 0.2) is 175 Å². The van der Waals surface area contributed by atoms with Gasteiger partial charge in [0.2, 0.25) is 0 Å². The molecule has 5 aliphatic rings. The molecule has 0 spiro atoms. The van der Waals surface area contributed by atoms with Gasteiger partial charge in [0.15, 0.2) is 17.2 Å². The summed E-state index contributed by atoms with van der Waals surface area (Å²) in [4.78, 5) is 4.90. The highest BCUT2D eigenvalue weighted by Crippen LogP contribution is 2.61. The van der Waals surface area contributed by atoms with Crippen LogP contribution in [0.4, 0.5) is 28.4 Å². The Kier molecular flexibility index (Phi) is 6.83. The topological polar surface area (TPSA) is 24.9 Å². The van der Waals surface area contributed by atoms with Crippen LogP contribution in [0.3, 0.4) is 0 Å². The summed E-state index contributed by atoms with van der Waals surface area (Å²) in [5, 5.41) is 0. The van der Waals surface area contributed by atoms with Crippen LogP contribution in [-0.4, -0.2) is 0 Å². The SMILES string of the molecule is CC1(C)C2=CCCC3=C2N(c2ccccc2O3)c2cc(-c3cc(-c4ccccc4)cc(-c4ccc5c(c4)N4c6ccccc6Oc6cccc(c64)C5(C)C)c3)ccc21. The van der Waals surface area contributed by atoms with Gasteiger partial charge in [-0.15, -0.1) is 0 Å². The second kappa shape index (κ2) is 11.9. The van der Waals surface area contributed by atoms with E-state index >= 15 is 0 Å². The molecule has 0 saturated heterocycles. The molecule has 0 fully saturated rings. The maximum atomic E-state index is 6.63. The summed E-state index contributed by atoms with van der Waals surface area (Å²) in [5.41, 5.74) is 18.8. The van der Waals surface area contributed by atoms with Crippen molar-refractivity contribution in [2.75, 3.05) is 9.80 Å². The highest BCUT2D eigenvalue weighted by molar-refractivity contribution is 5.95. The van der Waals surface area contributed by atoms with Gasteiger partial charge in [0.25, 0.3) is 0 Å². The van der Waals surface area contributed by atoms with Crippen molar-refractivity contribution in [1.82, 2.24) is 0 Å². The first-order valence-corrected chi connectivity index (χ1v) is 20.5. The number of allylic oxidation sites excluding steroid dienone is 3. The number of fused-ring (bicyclic) bond motifs is 8. The third-order valence-corrected chi connectivity index (χ3v) is 13.2. The van der Waals surface area contributed by atoms with Gasteiger partial charge in [0, 0.05) is 17.3 Å². The molecule has 0 bridgehead atoms. The highest BCUT2D eigenvalue weighted by atomic mass is 16.5. The average Bonchev–Trinajstić information content (AvgIpc) is 3.26. The number of nitrogens with zero attached hydrogens (tertiary/aromatic N) is 2. The molecular weight excluding hydrogens is 709 g/mol. The van der Waals surface area contributed by atoms with Crippen molar-refractivity contribution in [3.63, 3.8) is 0 Å². The molecule has 0 atom stereocenters. The zero-order valence-electron chi connectivity index (χ0n) is 33.1. The van der Waals surface area contributed by atoms with Crippen molar-refractivity contribution in [2.45, 2.75) is 51.4 Å². The zero-order chi connectivity index (χ0) is 38.9. The molecule has 4 heterocycles. The van der Waals surface area contributed by atoms with Crippen LogP contribution in [0.2, 0.25) is 0 Å². The molecule has 0 N–H and O–H groups in total. The number of anilines is 5. The van der Waals surface area contributed by atoms with Gasteiger partial charge in [-0.05, 0) is 123 Å². The first-order chi connectivity index (χ1) is 28.3. The molecule has 1 aliphatic carbocycles. The predicted octanol–water partition coefficient (Wildman–Crippen LogP) is 14.7. The van der Waals surface area contributed by atoms with Gasteiger partial charge < -0.3 is 19.3 Å². The van der Waals surface area contributed by atoms with Crippen LogP contribution in [0.5, 0.6) is 17.2 Å². The van der Waals surface area contributed by atoms with Crippen molar-refractivity contribution >= 4 is 28.4 Å². The lowest BCUT2D eigenvalue weighted by Gasteiger charge is -2.48. The third-order valence-electron chi connectivity index (χ3n) is 13.2. The third kappa shape index (κ3) is 4.63. The Morgan fingerprint density at radius 3 is 1.71 bits per heavy atom. The van der Waals surface area contributed by atoms with E-state index in [2.05, 4.69) is 195 Å². The number of rotatable bonds is 3. The summed E-state index contributed by atoms with van der Waals surface area (Å²) < 4.78 is 13.2. The quantitative estimate of drug-likeness (QED) is 0.180. The first-order valence-electron chi connectivity index (χ1n) is 20.5. The van der Waals surface area contributed by atoms with E-state index in [4.69, 9.17) is 9.47 Å². The molecule has 0 unspecified atom stereocenters. The monoisotopic (exact) mass is 750 g/mol. The summed E-state index contributed by atoms with van der Waals surface area (Å²) >= 11 is 0. The summed E-state index contributed by atoms with van der Waals surface area (Å²) in [6, 6.07) is 55.4. The predicted molar refractivity (Wildman–Crippen MR) is 236 cm³/mol. The Morgan fingerprint density at radius 1 is 0.431 bits per heavy atom. The molecule has 12 rings (SSSR count). The number of benzene rings is 7. The minimum atomic E-state index is -0.222. The molecule has 0 amide bonds. The maximum Gasteiger partial charge on any atom is 0.151 e. The fourth-order valence-electron chi connectivity index (χ4n) is 10.3. The smallest absolute Gasteiger partial charge is 0.151 e. The number of para-hydroxylation sites is 5. The van der Waals surface area contributed by atoms with E-state index in [1.165, 1.54) is 72.7 Å². The second-order valence-electron chi connectivity index (χ2n) is 17.3. The standard InChI is InChI=1S/C54H42N2O2/c1-53(2)39-26-24-34(31-45(39)55-43-18-8-10-20-47(43)57-49-22-12-16-41(53)51(49)55)37-28-36(33-14-6-5-7-15-33)29-38(30-37)35-25-27-40-46(32-35)56-44-19-9-11-21-48(44)58-50-23-13-17-42(52(50)56)54(40,3)4/h5-12,14-22,24-32H,13,23H2,1-4H3. The van der Waals surface area contributed by atoms with Crippen molar-refractivity contribution in [3.8, 4) is 50.6 Å². The van der Waals surface area contributed by atoms with Gasteiger partial charge in [-0.1, -0.05) is 125 Å². The van der Waals surface area contributed by atoms with Gasteiger partial charge in [-0.25, -0.2) is 0 Å². The van der Waals surface area contributed by atoms with Gasteiger partial charge in [0.05, 0.1) is 34.1 Å². The molecule has 7 aromatic rings. The van der Waals surface area contributed by atoms with E-state index in [-0.39, 0.29) is 10.8 Å². The summed E-state index contributed by atoms with van der Waals surface area (Å²) in [7, 11) is 0. The van der Waals surface area contributed by atoms with Crippen LogP contribution < -0.4 is 19.3 Å². The molecule has 58 heavy (non-hydrogen) atoms.